The first-order valence-electron chi connectivity index (χ1n) is 5.77. The van der Waals surface area contributed by atoms with Gasteiger partial charge in [0, 0.05) is 18.4 Å². The van der Waals surface area contributed by atoms with Crippen LogP contribution < -0.4 is 5.32 Å². The second kappa shape index (κ2) is 4.10. The summed E-state index contributed by atoms with van der Waals surface area (Å²) < 4.78 is 1.88. The zero-order chi connectivity index (χ0) is 10.8. The third-order valence-corrected chi connectivity index (χ3v) is 3.12. The summed E-state index contributed by atoms with van der Waals surface area (Å²) in [5.74, 6) is 0. The molecule has 0 amide bonds. The fraction of sp³-hybridized carbons (Fsp3) is 0.308. The van der Waals surface area contributed by atoms with E-state index in [-0.39, 0.29) is 0 Å². The lowest BCUT2D eigenvalue weighted by atomic mass is 10.1. The molecule has 2 heterocycles. The van der Waals surface area contributed by atoms with Crippen LogP contribution in [0.25, 0.3) is 5.69 Å². The number of benzene rings is 1. The highest BCUT2D eigenvalue weighted by molar-refractivity contribution is 5.35. The smallest absolute Gasteiger partial charge is 0.0645 e. The lowest BCUT2D eigenvalue weighted by Crippen LogP contribution is -2.12. The fourth-order valence-electron chi connectivity index (χ4n) is 2.25. The molecule has 0 bridgehead atoms. The largest absolute Gasteiger partial charge is 0.310 e. The van der Waals surface area contributed by atoms with Gasteiger partial charge in [-0.15, -0.1) is 0 Å². The summed E-state index contributed by atoms with van der Waals surface area (Å²) in [4.78, 5) is 0. The van der Waals surface area contributed by atoms with E-state index in [2.05, 4.69) is 34.7 Å². The molecule has 1 saturated heterocycles. The van der Waals surface area contributed by atoms with Crippen molar-refractivity contribution in [3.8, 4) is 5.69 Å². The molecular formula is C13H15N3. The number of hydrogen-bond acceptors (Lipinski definition) is 2. The maximum atomic E-state index is 4.21. The van der Waals surface area contributed by atoms with Gasteiger partial charge in [0.2, 0.25) is 0 Å². The maximum absolute atomic E-state index is 4.21. The van der Waals surface area contributed by atoms with E-state index < -0.39 is 0 Å². The summed E-state index contributed by atoms with van der Waals surface area (Å²) in [5, 5.41) is 7.72. The van der Waals surface area contributed by atoms with E-state index in [1.165, 1.54) is 18.4 Å². The molecule has 3 heteroatoms. The van der Waals surface area contributed by atoms with Crippen LogP contribution in [0.4, 0.5) is 0 Å². The number of rotatable bonds is 2. The normalized spacial score (nSPS) is 20.1. The Labute approximate surface area is 95.1 Å². The van der Waals surface area contributed by atoms with Crippen LogP contribution in [-0.2, 0) is 0 Å². The molecule has 2 aromatic rings. The average Bonchev–Trinajstić information content (AvgIpc) is 3.03. The molecule has 1 fully saturated rings. The van der Waals surface area contributed by atoms with Crippen molar-refractivity contribution in [3.63, 3.8) is 0 Å². The fourth-order valence-corrected chi connectivity index (χ4v) is 2.25. The van der Waals surface area contributed by atoms with Gasteiger partial charge in [-0.2, -0.15) is 5.10 Å². The SMILES string of the molecule is c1cnn(-c2ccc(C3CCCN3)cc2)c1. The molecule has 1 N–H and O–H groups in total. The van der Waals surface area contributed by atoms with Gasteiger partial charge in [-0.25, -0.2) is 4.68 Å². The van der Waals surface area contributed by atoms with Crippen LogP contribution in [-0.4, -0.2) is 16.3 Å². The summed E-state index contributed by atoms with van der Waals surface area (Å²) in [5.41, 5.74) is 2.50. The Kier molecular flexibility index (Phi) is 2.46. The summed E-state index contributed by atoms with van der Waals surface area (Å²) in [7, 11) is 0. The first-order chi connectivity index (χ1) is 7.93. The van der Waals surface area contributed by atoms with E-state index in [4.69, 9.17) is 0 Å². The lowest BCUT2D eigenvalue weighted by molar-refractivity contribution is 0.647. The van der Waals surface area contributed by atoms with Gasteiger partial charge in [0.15, 0.2) is 0 Å². The summed E-state index contributed by atoms with van der Waals surface area (Å²) in [6.45, 7) is 1.14. The predicted molar refractivity (Wildman–Crippen MR) is 63.5 cm³/mol. The highest BCUT2D eigenvalue weighted by Gasteiger charge is 2.15. The van der Waals surface area contributed by atoms with Crippen LogP contribution in [0, 0.1) is 0 Å². The van der Waals surface area contributed by atoms with Gasteiger partial charge in [0.1, 0.15) is 0 Å². The predicted octanol–water partition coefficient (Wildman–Crippen LogP) is 2.30. The van der Waals surface area contributed by atoms with Crippen molar-refractivity contribution in [3.05, 3.63) is 48.3 Å². The van der Waals surface area contributed by atoms with Crippen molar-refractivity contribution in [2.24, 2.45) is 0 Å². The second-order valence-electron chi connectivity index (χ2n) is 4.19. The molecule has 1 atom stereocenters. The third kappa shape index (κ3) is 1.74. The Hall–Kier alpha value is -1.61. The van der Waals surface area contributed by atoms with Crippen LogP contribution >= 0.6 is 0 Å². The van der Waals surface area contributed by atoms with Gasteiger partial charge >= 0.3 is 0 Å². The van der Waals surface area contributed by atoms with Gasteiger partial charge in [-0.05, 0) is 43.1 Å². The zero-order valence-corrected chi connectivity index (χ0v) is 9.13. The average molecular weight is 213 g/mol. The van der Waals surface area contributed by atoms with E-state index >= 15 is 0 Å². The van der Waals surface area contributed by atoms with Gasteiger partial charge in [0.05, 0.1) is 5.69 Å². The summed E-state index contributed by atoms with van der Waals surface area (Å²) in [6, 6.07) is 11.1. The van der Waals surface area contributed by atoms with Crippen LogP contribution in [0.15, 0.2) is 42.7 Å². The molecule has 0 saturated carbocycles. The summed E-state index contributed by atoms with van der Waals surface area (Å²) in [6.07, 6.45) is 6.29. The molecule has 16 heavy (non-hydrogen) atoms. The van der Waals surface area contributed by atoms with Gasteiger partial charge in [-0.1, -0.05) is 12.1 Å². The van der Waals surface area contributed by atoms with E-state index in [1.807, 2.05) is 16.9 Å². The minimum Gasteiger partial charge on any atom is -0.310 e. The number of aromatic nitrogens is 2. The van der Waals surface area contributed by atoms with E-state index in [0.717, 1.165) is 12.2 Å². The van der Waals surface area contributed by atoms with E-state index in [9.17, 15) is 0 Å². The molecule has 82 valence electrons. The second-order valence-corrected chi connectivity index (χ2v) is 4.19. The van der Waals surface area contributed by atoms with Crippen LogP contribution in [0.3, 0.4) is 0 Å². The molecule has 1 unspecified atom stereocenters. The van der Waals surface area contributed by atoms with Gasteiger partial charge in [0.25, 0.3) is 0 Å². The Morgan fingerprint density at radius 1 is 1.25 bits per heavy atom. The Morgan fingerprint density at radius 2 is 2.12 bits per heavy atom. The van der Waals surface area contributed by atoms with Crippen molar-refractivity contribution < 1.29 is 0 Å². The molecule has 3 rings (SSSR count). The van der Waals surface area contributed by atoms with Crippen LogP contribution in [0.2, 0.25) is 0 Å². The third-order valence-electron chi connectivity index (χ3n) is 3.12. The molecule has 1 aromatic carbocycles. The number of hydrogen-bond donors (Lipinski definition) is 1. The molecule has 1 aliphatic rings. The number of nitrogens with one attached hydrogen (secondary N) is 1. The van der Waals surface area contributed by atoms with Crippen LogP contribution in [0.5, 0.6) is 0 Å². The van der Waals surface area contributed by atoms with Crippen molar-refractivity contribution >= 4 is 0 Å². The molecular weight excluding hydrogens is 198 g/mol. The quantitative estimate of drug-likeness (QED) is 0.829. The Balaban J connectivity index is 1.84. The standard InChI is InChI=1S/C13H15N3/c1-3-13(14-8-1)11-4-6-12(7-5-11)16-10-2-9-15-16/h2,4-7,9-10,13-14H,1,3,8H2. The van der Waals surface area contributed by atoms with Crippen molar-refractivity contribution in [2.45, 2.75) is 18.9 Å². The Morgan fingerprint density at radius 3 is 2.75 bits per heavy atom. The summed E-state index contributed by atoms with van der Waals surface area (Å²) >= 11 is 0. The first-order valence-corrected chi connectivity index (χ1v) is 5.77. The molecule has 1 aromatic heterocycles. The Bertz CT molecular complexity index is 439. The first kappa shape index (κ1) is 9.60. The van der Waals surface area contributed by atoms with Crippen molar-refractivity contribution in [2.75, 3.05) is 6.54 Å². The van der Waals surface area contributed by atoms with Gasteiger partial charge < -0.3 is 5.32 Å². The molecule has 1 aliphatic heterocycles. The highest BCUT2D eigenvalue weighted by Crippen LogP contribution is 2.23. The molecule has 0 aliphatic carbocycles. The highest BCUT2D eigenvalue weighted by atomic mass is 15.3. The van der Waals surface area contributed by atoms with Crippen molar-refractivity contribution in [1.29, 1.82) is 0 Å². The number of nitrogens with zero attached hydrogens (tertiary/aromatic N) is 2. The van der Waals surface area contributed by atoms with E-state index in [1.54, 1.807) is 6.20 Å². The van der Waals surface area contributed by atoms with Crippen LogP contribution in [0.1, 0.15) is 24.4 Å². The zero-order valence-electron chi connectivity index (χ0n) is 9.13. The van der Waals surface area contributed by atoms with Crippen molar-refractivity contribution in [1.82, 2.24) is 15.1 Å². The molecule has 0 radical (unpaired) electrons. The topological polar surface area (TPSA) is 29.9 Å². The van der Waals surface area contributed by atoms with Gasteiger partial charge in [-0.3, -0.25) is 0 Å². The lowest BCUT2D eigenvalue weighted by Gasteiger charge is -2.11. The monoisotopic (exact) mass is 213 g/mol. The molecule has 0 spiro atoms. The maximum Gasteiger partial charge on any atom is 0.0645 e. The minimum atomic E-state index is 0.548. The molecule has 3 nitrogen and oxygen atoms in total. The van der Waals surface area contributed by atoms with E-state index in [0.29, 0.717) is 6.04 Å². The minimum absolute atomic E-state index is 0.548.